The number of hydrogen-bond acceptors (Lipinski definition) is 3. The van der Waals surface area contributed by atoms with Crippen molar-refractivity contribution < 1.29 is 0 Å². The van der Waals surface area contributed by atoms with Crippen LogP contribution in [-0.4, -0.2) is 30.6 Å². The van der Waals surface area contributed by atoms with Crippen molar-refractivity contribution in [3.05, 3.63) is 35.4 Å². The van der Waals surface area contributed by atoms with Crippen molar-refractivity contribution in [1.29, 1.82) is 5.26 Å². The van der Waals surface area contributed by atoms with E-state index in [1.807, 2.05) is 18.2 Å². The van der Waals surface area contributed by atoms with Gasteiger partial charge in [-0.05, 0) is 50.6 Å². The van der Waals surface area contributed by atoms with Crippen molar-refractivity contribution in [2.75, 3.05) is 19.6 Å². The monoisotopic (exact) mass is 257 g/mol. The first-order valence-electron chi connectivity index (χ1n) is 7.21. The molecule has 0 aliphatic carbocycles. The molecule has 1 aliphatic rings. The Kier molecular flexibility index (Phi) is 4.95. The molecule has 1 fully saturated rings. The van der Waals surface area contributed by atoms with Gasteiger partial charge in [0.05, 0.1) is 11.6 Å². The molecule has 0 amide bonds. The zero-order chi connectivity index (χ0) is 13.7. The third-order valence-corrected chi connectivity index (χ3v) is 3.95. The number of nitrogens with zero attached hydrogens (tertiary/aromatic N) is 2. The Balaban J connectivity index is 1.96. The molecule has 0 bridgehead atoms. The number of likely N-dealkylation sites (tertiary alicyclic amines) is 1. The van der Waals surface area contributed by atoms with Crippen molar-refractivity contribution >= 4 is 0 Å². The molecule has 0 radical (unpaired) electrons. The topological polar surface area (TPSA) is 39.1 Å². The SMILES string of the molecule is CCN1CCCC(NC(C)c2cccc(C#N)c2)C1. The lowest BCUT2D eigenvalue weighted by atomic mass is 10.0. The summed E-state index contributed by atoms with van der Waals surface area (Å²) in [6, 6.07) is 11.0. The van der Waals surface area contributed by atoms with Gasteiger partial charge in [0, 0.05) is 18.6 Å². The highest BCUT2D eigenvalue weighted by molar-refractivity contribution is 5.34. The third kappa shape index (κ3) is 3.79. The Bertz CT molecular complexity index is 450. The van der Waals surface area contributed by atoms with Crippen molar-refractivity contribution in [3.8, 4) is 6.07 Å². The summed E-state index contributed by atoms with van der Waals surface area (Å²) in [6.45, 7) is 7.91. The smallest absolute Gasteiger partial charge is 0.0991 e. The fourth-order valence-corrected chi connectivity index (χ4v) is 2.81. The minimum Gasteiger partial charge on any atom is -0.306 e. The molecule has 102 valence electrons. The van der Waals surface area contributed by atoms with Crippen LogP contribution in [0.2, 0.25) is 0 Å². The van der Waals surface area contributed by atoms with E-state index >= 15 is 0 Å². The molecule has 1 N–H and O–H groups in total. The molecule has 1 aromatic carbocycles. The fourth-order valence-electron chi connectivity index (χ4n) is 2.81. The van der Waals surface area contributed by atoms with Crippen molar-refractivity contribution in [2.24, 2.45) is 0 Å². The second-order valence-corrected chi connectivity index (χ2v) is 5.36. The first-order valence-corrected chi connectivity index (χ1v) is 7.21. The largest absolute Gasteiger partial charge is 0.306 e. The first-order chi connectivity index (χ1) is 9.22. The molecule has 1 aromatic rings. The highest BCUT2D eigenvalue weighted by Gasteiger charge is 2.20. The molecular formula is C16H23N3. The van der Waals surface area contributed by atoms with E-state index in [0.29, 0.717) is 12.1 Å². The number of rotatable bonds is 4. The van der Waals surface area contributed by atoms with Gasteiger partial charge >= 0.3 is 0 Å². The van der Waals surface area contributed by atoms with Crippen LogP contribution in [0.5, 0.6) is 0 Å². The zero-order valence-electron chi connectivity index (χ0n) is 11.9. The van der Waals surface area contributed by atoms with E-state index in [9.17, 15) is 0 Å². The van der Waals surface area contributed by atoms with Gasteiger partial charge in [-0.1, -0.05) is 19.1 Å². The van der Waals surface area contributed by atoms with E-state index in [0.717, 1.165) is 18.7 Å². The summed E-state index contributed by atoms with van der Waals surface area (Å²) >= 11 is 0. The van der Waals surface area contributed by atoms with Crippen LogP contribution < -0.4 is 5.32 Å². The Morgan fingerprint density at radius 2 is 2.37 bits per heavy atom. The quantitative estimate of drug-likeness (QED) is 0.901. The van der Waals surface area contributed by atoms with E-state index in [1.54, 1.807) is 0 Å². The number of piperidine rings is 1. The van der Waals surface area contributed by atoms with Crippen molar-refractivity contribution in [2.45, 2.75) is 38.8 Å². The lowest BCUT2D eigenvalue weighted by Crippen LogP contribution is -2.46. The van der Waals surface area contributed by atoms with Crippen LogP contribution in [-0.2, 0) is 0 Å². The van der Waals surface area contributed by atoms with Gasteiger partial charge in [-0.3, -0.25) is 0 Å². The maximum absolute atomic E-state index is 8.95. The third-order valence-electron chi connectivity index (χ3n) is 3.95. The van der Waals surface area contributed by atoms with E-state index in [-0.39, 0.29) is 0 Å². The van der Waals surface area contributed by atoms with Gasteiger partial charge in [-0.15, -0.1) is 0 Å². The van der Waals surface area contributed by atoms with Crippen LogP contribution >= 0.6 is 0 Å². The number of hydrogen-bond donors (Lipinski definition) is 1. The Morgan fingerprint density at radius 1 is 1.53 bits per heavy atom. The summed E-state index contributed by atoms with van der Waals surface area (Å²) in [7, 11) is 0. The highest BCUT2D eigenvalue weighted by atomic mass is 15.2. The first kappa shape index (κ1) is 14.0. The van der Waals surface area contributed by atoms with Crippen LogP contribution in [0.15, 0.2) is 24.3 Å². The van der Waals surface area contributed by atoms with E-state index in [4.69, 9.17) is 5.26 Å². The number of benzene rings is 1. The highest BCUT2D eigenvalue weighted by Crippen LogP contribution is 2.17. The number of nitriles is 1. The molecule has 1 aliphatic heterocycles. The average Bonchev–Trinajstić information content (AvgIpc) is 2.47. The van der Waals surface area contributed by atoms with Crippen molar-refractivity contribution in [1.82, 2.24) is 10.2 Å². The molecule has 19 heavy (non-hydrogen) atoms. The predicted octanol–water partition coefficient (Wildman–Crippen LogP) is 2.69. The van der Waals surface area contributed by atoms with Crippen LogP contribution in [0, 0.1) is 11.3 Å². The molecule has 1 saturated heterocycles. The van der Waals surface area contributed by atoms with Gasteiger partial charge in [-0.25, -0.2) is 0 Å². The minimum absolute atomic E-state index is 0.301. The molecule has 0 saturated carbocycles. The van der Waals surface area contributed by atoms with Gasteiger partial charge in [0.1, 0.15) is 0 Å². The lowest BCUT2D eigenvalue weighted by Gasteiger charge is -2.34. The normalized spacial score (nSPS) is 21.8. The zero-order valence-corrected chi connectivity index (χ0v) is 11.9. The maximum Gasteiger partial charge on any atom is 0.0991 e. The lowest BCUT2D eigenvalue weighted by molar-refractivity contribution is 0.192. The van der Waals surface area contributed by atoms with Crippen LogP contribution in [0.25, 0.3) is 0 Å². The number of nitrogens with one attached hydrogen (secondary N) is 1. The summed E-state index contributed by atoms with van der Waals surface area (Å²) in [5.41, 5.74) is 1.94. The average molecular weight is 257 g/mol. The van der Waals surface area contributed by atoms with E-state index in [1.165, 1.54) is 24.9 Å². The molecular weight excluding hydrogens is 234 g/mol. The van der Waals surface area contributed by atoms with Crippen molar-refractivity contribution in [3.63, 3.8) is 0 Å². The summed E-state index contributed by atoms with van der Waals surface area (Å²) in [5, 5.41) is 12.7. The van der Waals surface area contributed by atoms with Gasteiger partial charge < -0.3 is 10.2 Å². The van der Waals surface area contributed by atoms with E-state index < -0.39 is 0 Å². The molecule has 3 heteroatoms. The van der Waals surface area contributed by atoms with Crippen LogP contribution in [0.3, 0.4) is 0 Å². The second-order valence-electron chi connectivity index (χ2n) is 5.36. The number of likely N-dealkylation sites (N-methyl/N-ethyl adjacent to an activating group) is 1. The van der Waals surface area contributed by atoms with Crippen LogP contribution in [0.4, 0.5) is 0 Å². The predicted molar refractivity (Wildman–Crippen MR) is 77.8 cm³/mol. The standard InChI is InChI=1S/C16H23N3/c1-3-19-9-5-8-16(12-19)18-13(2)15-7-4-6-14(10-15)11-17/h4,6-7,10,13,16,18H,3,5,8-9,12H2,1-2H3. The molecule has 2 atom stereocenters. The van der Waals surface area contributed by atoms with Gasteiger partial charge in [0.2, 0.25) is 0 Å². The summed E-state index contributed by atoms with van der Waals surface area (Å²) < 4.78 is 0. The second kappa shape index (κ2) is 6.70. The minimum atomic E-state index is 0.301. The molecule has 0 spiro atoms. The van der Waals surface area contributed by atoms with E-state index in [2.05, 4.69) is 36.2 Å². The Hall–Kier alpha value is -1.37. The molecule has 0 aromatic heterocycles. The maximum atomic E-state index is 8.95. The summed E-state index contributed by atoms with van der Waals surface area (Å²) in [4.78, 5) is 2.50. The summed E-state index contributed by atoms with van der Waals surface area (Å²) in [5.74, 6) is 0. The molecule has 1 heterocycles. The van der Waals surface area contributed by atoms with Crippen LogP contribution in [0.1, 0.15) is 43.9 Å². The molecule has 2 unspecified atom stereocenters. The molecule has 3 nitrogen and oxygen atoms in total. The van der Waals surface area contributed by atoms with Gasteiger partial charge in [0.15, 0.2) is 0 Å². The Labute approximate surface area is 116 Å². The van der Waals surface area contributed by atoms with Gasteiger partial charge in [-0.2, -0.15) is 5.26 Å². The van der Waals surface area contributed by atoms with Gasteiger partial charge in [0.25, 0.3) is 0 Å². The molecule has 2 rings (SSSR count). The fraction of sp³-hybridized carbons (Fsp3) is 0.562. The summed E-state index contributed by atoms with van der Waals surface area (Å²) in [6.07, 6.45) is 2.52. The Morgan fingerprint density at radius 3 is 3.11 bits per heavy atom.